The number of anilines is 1. The maximum Gasteiger partial charge on any atom is 0.324 e. The van der Waals surface area contributed by atoms with Crippen molar-refractivity contribution in [1.82, 2.24) is 4.90 Å². The molecule has 0 radical (unpaired) electrons. The molecule has 1 aromatic rings. The zero-order valence-electron chi connectivity index (χ0n) is 11.0. The van der Waals surface area contributed by atoms with Crippen molar-refractivity contribution in [2.45, 2.75) is 26.7 Å². The molecule has 0 spiro atoms. The SMILES string of the molecule is Cc1cccc(C(C)C)c1N1CCN(C)C1=O. The van der Waals surface area contributed by atoms with Crippen molar-refractivity contribution >= 4 is 11.7 Å². The highest BCUT2D eigenvalue weighted by Gasteiger charge is 2.29. The van der Waals surface area contributed by atoms with Crippen LogP contribution in [0.1, 0.15) is 30.9 Å². The van der Waals surface area contributed by atoms with E-state index in [4.69, 9.17) is 0 Å². The average molecular weight is 232 g/mol. The van der Waals surface area contributed by atoms with Crippen molar-refractivity contribution in [3.63, 3.8) is 0 Å². The molecule has 3 nitrogen and oxygen atoms in total. The lowest BCUT2D eigenvalue weighted by Crippen LogP contribution is -2.30. The maximum atomic E-state index is 12.1. The lowest BCUT2D eigenvalue weighted by atomic mass is 9.97. The Morgan fingerprint density at radius 3 is 2.47 bits per heavy atom. The van der Waals surface area contributed by atoms with Gasteiger partial charge in [0.2, 0.25) is 0 Å². The Bertz CT molecular complexity index is 440. The van der Waals surface area contributed by atoms with Crippen molar-refractivity contribution in [3.05, 3.63) is 29.3 Å². The predicted molar refractivity (Wildman–Crippen MR) is 70.6 cm³/mol. The first kappa shape index (κ1) is 12.0. The van der Waals surface area contributed by atoms with Gasteiger partial charge in [-0.25, -0.2) is 4.79 Å². The molecule has 1 aliphatic heterocycles. The molecule has 1 aliphatic rings. The summed E-state index contributed by atoms with van der Waals surface area (Å²) in [7, 11) is 1.86. The van der Waals surface area contributed by atoms with Crippen LogP contribution in [-0.2, 0) is 0 Å². The molecule has 2 amide bonds. The Balaban J connectivity index is 2.47. The number of rotatable bonds is 2. The van der Waals surface area contributed by atoms with E-state index in [1.165, 1.54) is 11.1 Å². The minimum Gasteiger partial charge on any atom is -0.326 e. The van der Waals surface area contributed by atoms with Crippen LogP contribution in [0.3, 0.4) is 0 Å². The largest absolute Gasteiger partial charge is 0.326 e. The Labute approximate surface area is 103 Å². The van der Waals surface area contributed by atoms with Crippen molar-refractivity contribution in [2.24, 2.45) is 0 Å². The van der Waals surface area contributed by atoms with Gasteiger partial charge < -0.3 is 4.90 Å². The quantitative estimate of drug-likeness (QED) is 0.769. The van der Waals surface area contributed by atoms with Gasteiger partial charge in [-0.1, -0.05) is 32.0 Å². The second-order valence-corrected chi connectivity index (χ2v) is 5.02. The van der Waals surface area contributed by atoms with Crippen molar-refractivity contribution in [3.8, 4) is 0 Å². The van der Waals surface area contributed by atoms with Gasteiger partial charge in [0.25, 0.3) is 0 Å². The molecule has 1 saturated heterocycles. The molecule has 0 aromatic heterocycles. The summed E-state index contributed by atoms with van der Waals surface area (Å²) < 4.78 is 0. The summed E-state index contributed by atoms with van der Waals surface area (Å²) in [6.45, 7) is 8.02. The summed E-state index contributed by atoms with van der Waals surface area (Å²) in [4.78, 5) is 15.8. The minimum absolute atomic E-state index is 0.112. The highest BCUT2D eigenvalue weighted by Crippen LogP contribution is 2.32. The number of benzene rings is 1. The van der Waals surface area contributed by atoms with Gasteiger partial charge in [0, 0.05) is 20.1 Å². The van der Waals surface area contributed by atoms with E-state index in [2.05, 4.69) is 39.0 Å². The van der Waals surface area contributed by atoms with Crippen LogP contribution in [0, 0.1) is 6.92 Å². The van der Waals surface area contributed by atoms with E-state index in [9.17, 15) is 4.79 Å². The zero-order valence-corrected chi connectivity index (χ0v) is 11.0. The zero-order chi connectivity index (χ0) is 12.6. The Morgan fingerprint density at radius 1 is 1.24 bits per heavy atom. The molecule has 1 fully saturated rings. The minimum atomic E-state index is 0.112. The van der Waals surface area contributed by atoms with Crippen molar-refractivity contribution in [1.29, 1.82) is 0 Å². The summed E-state index contributed by atoms with van der Waals surface area (Å²) in [5.74, 6) is 0.434. The van der Waals surface area contributed by atoms with Crippen LogP contribution >= 0.6 is 0 Å². The number of hydrogen-bond acceptors (Lipinski definition) is 1. The van der Waals surface area contributed by atoms with Gasteiger partial charge in [-0.05, 0) is 24.0 Å². The highest BCUT2D eigenvalue weighted by molar-refractivity contribution is 5.95. The summed E-state index contributed by atoms with van der Waals surface area (Å²) in [6, 6.07) is 6.38. The summed E-state index contributed by atoms with van der Waals surface area (Å²) in [5.41, 5.74) is 3.55. The predicted octanol–water partition coefficient (Wildman–Crippen LogP) is 2.99. The number of hydrogen-bond donors (Lipinski definition) is 0. The van der Waals surface area contributed by atoms with Crippen LogP contribution in [0.5, 0.6) is 0 Å². The van der Waals surface area contributed by atoms with Gasteiger partial charge in [0.15, 0.2) is 0 Å². The van der Waals surface area contributed by atoms with Gasteiger partial charge in [0.1, 0.15) is 0 Å². The number of carbonyl (C=O) groups is 1. The number of urea groups is 1. The first-order chi connectivity index (χ1) is 8.02. The van der Waals surface area contributed by atoms with Crippen LogP contribution in [-0.4, -0.2) is 31.1 Å². The van der Waals surface area contributed by atoms with Gasteiger partial charge in [-0.15, -0.1) is 0 Å². The maximum absolute atomic E-state index is 12.1. The first-order valence-electron chi connectivity index (χ1n) is 6.14. The van der Waals surface area contributed by atoms with Crippen LogP contribution < -0.4 is 4.90 Å². The molecule has 0 N–H and O–H groups in total. The summed E-state index contributed by atoms with van der Waals surface area (Å²) >= 11 is 0. The molecular formula is C14H20N2O. The number of likely N-dealkylation sites (N-methyl/N-ethyl adjacent to an activating group) is 1. The second-order valence-electron chi connectivity index (χ2n) is 5.02. The molecule has 1 aromatic carbocycles. The summed E-state index contributed by atoms with van der Waals surface area (Å²) in [6.07, 6.45) is 0. The molecule has 0 saturated carbocycles. The smallest absolute Gasteiger partial charge is 0.324 e. The van der Waals surface area contributed by atoms with E-state index < -0.39 is 0 Å². The molecule has 0 unspecified atom stereocenters. The van der Waals surface area contributed by atoms with Crippen LogP contribution in [0.15, 0.2) is 18.2 Å². The highest BCUT2D eigenvalue weighted by atomic mass is 16.2. The molecular weight excluding hydrogens is 212 g/mol. The van der Waals surface area contributed by atoms with E-state index in [1.54, 1.807) is 4.90 Å². The fourth-order valence-electron chi connectivity index (χ4n) is 2.37. The standard InChI is InChI=1S/C14H20N2O/c1-10(2)12-7-5-6-11(3)13(12)16-9-8-15(4)14(16)17/h5-7,10H,8-9H2,1-4H3. The van der Waals surface area contributed by atoms with E-state index >= 15 is 0 Å². The van der Waals surface area contributed by atoms with Crippen molar-refractivity contribution in [2.75, 3.05) is 25.0 Å². The third-order valence-corrected chi connectivity index (χ3v) is 3.38. The molecule has 3 heteroatoms. The third-order valence-electron chi connectivity index (χ3n) is 3.38. The molecule has 92 valence electrons. The lowest BCUT2D eigenvalue weighted by Gasteiger charge is -2.23. The third kappa shape index (κ3) is 2.02. The molecule has 0 aliphatic carbocycles. The van der Waals surface area contributed by atoms with Gasteiger partial charge in [0.05, 0.1) is 5.69 Å². The first-order valence-corrected chi connectivity index (χ1v) is 6.14. The van der Waals surface area contributed by atoms with Crippen LogP contribution in [0.4, 0.5) is 10.5 Å². The second kappa shape index (κ2) is 4.40. The van der Waals surface area contributed by atoms with Crippen LogP contribution in [0.2, 0.25) is 0 Å². The van der Waals surface area contributed by atoms with Crippen LogP contribution in [0.25, 0.3) is 0 Å². The summed E-state index contributed by atoms with van der Waals surface area (Å²) in [5, 5.41) is 0. The van der Waals surface area contributed by atoms with Gasteiger partial charge in [-0.3, -0.25) is 4.90 Å². The van der Waals surface area contributed by atoms with Crippen molar-refractivity contribution < 1.29 is 4.79 Å². The molecule has 2 rings (SSSR count). The average Bonchev–Trinajstić information content (AvgIpc) is 2.60. The molecule has 1 heterocycles. The Hall–Kier alpha value is -1.51. The number of amides is 2. The number of para-hydroxylation sites is 1. The monoisotopic (exact) mass is 232 g/mol. The van der Waals surface area contributed by atoms with E-state index in [0.717, 1.165) is 18.8 Å². The van der Waals surface area contributed by atoms with Gasteiger partial charge in [-0.2, -0.15) is 0 Å². The number of aryl methyl sites for hydroxylation is 1. The van der Waals surface area contributed by atoms with Gasteiger partial charge >= 0.3 is 6.03 Å². The lowest BCUT2D eigenvalue weighted by molar-refractivity contribution is 0.229. The fraction of sp³-hybridized carbons (Fsp3) is 0.500. The normalized spacial score (nSPS) is 16.2. The molecule has 0 atom stereocenters. The molecule has 17 heavy (non-hydrogen) atoms. The topological polar surface area (TPSA) is 23.6 Å². The fourth-order valence-corrected chi connectivity index (χ4v) is 2.37. The molecule has 0 bridgehead atoms. The van der Waals surface area contributed by atoms with E-state index in [1.807, 2.05) is 11.9 Å². The number of nitrogens with zero attached hydrogens (tertiary/aromatic N) is 2. The van der Waals surface area contributed by atoms with E-state index in [0.29, 0.717) is 5.92 Å². The van der Waals surface area contributed by atoms with E-state index in [-0.39, 0.29) is 6.03 Å². The number of carbonyl (C=O) groups excluding carboxylic acids is 1. The Kier molecular flexibility index (Phi) is 3.09. The Morgan fingerprint density at radius 2 is 1.94 bits per heavy atom.